The molecule has 0 atom stereocenters. The Kier molecular flexibility index (Phi) is 3.11. The van der Waals surface area contributed by atoms with Gasteiger partial charge in [-0.15, -0.1) is 0 Å². The van der Waals surface area contributed by atoms with Crippen molar-refractivity contribution in [2.75, 3.05) is 5.32 Å². The number of halogens is 1. The molecule has 2 rings (SSSR count). The largest absolute Gasteiger partial charge is 0.324 e. The number of carbonyl (C=O) groups is 1. The molecule has 0 saturated heterocycles. The number of pyridine rings is 1. The maximum atomic E-state index is 11.5. The van der Waals surface area contributed by atoms with E-state index in [2.05, 4.69) is 20.4 Å². The monoisotopic (exact) mass is 237 g/mol. The first-order valence-corrected chi connectivity index (χ1v) is 4.85. The van der Waals surface area contributed by atoms with Crippen LogP contribution in [0.2, 0.25) is 5.15 Å². The maximum Gasteiger partial charge on any atom is 0.246 e. The molecule has 16 heavy (non-hydrogen) atoms. The molecule has 0 bridgehead atoms. The van der Waals surface area contributed by atoms with Crippen molar-refractivity contribution in [3.8, 4) is 0 Å². The van der Waals surface area contributed by atoms with Crippen LogP contribution in [0.3, 0.4) is 0 Å². The number of rotatable bonds is 3. The van der Waals surface area contributed by atoms with Gasteiger partial charge in [0.15, 0.2) is 0 Å². The number of aromatic nitrogens is 4. The van der Waals surface area contributed by atoms with Gasteiger partial charge in [-0.05, 0) is 12.1 Å². The fourth-order valence-corrected chi connectivity index (χ4v) is 1.32. The van der Waals surface area contributed by atoms with Gasteiger partial charge in [-0.3, -0.25) is 4.79 Å². The van der Waals surface area contributed by atoms with E-state index in [1.807, 2.05) is 0 Å². The van der Waals surface area contributed by atoms with Crippen LogP contribution in [0.15, 0.2) is 31.0 Å². The molecule has 0 radical (unpaired) electrons. The van der Waals surface area contributed by atoms with Crippen LogP contribution in [0.4, 0.5) is 5.69 Å². The summed E-state index contributed by atoms with van der Waals surface area (Å²) >= 11 is 5.68. The Morgan fingerprint density at radius 1 is 1.56 bits per heavy atom. The molecule has 0 aromatic carbocycles. The highest BCUT2D eigenvalue weighted by molar-refractivity contribution is 6.29. The summed E-state index contributed by atoms with van der Waals surface area (Å²) in [5.41, 5.74) is 0.602. The minimum Gasteiger partial charge on any atom is -0.324 e. The summed E-state index contributed by atoms with van der Waals surface area (Å²) in [6.07, 6.45) is 4.36. The fraction of sp³-hybridized carbons (Fsp3) is 0.111. The lowest BCUT2D eigenvalue weighted by Crippen LogP contribution is -2.19. The molecule has 2 aromatic rings. The van der Waals surface area contributed by atoms with Crippen molar-refractivity contribution in [1.82, 2.24) is 19.7 Å². The Labute approximate surface area is 96.3 Å². The third-order valence-electron chi connectivity index (χ3n) is 1.78. The molecule has 0 fully saturated rings. The van der Waals surface area contributed by atoms with E-state index < -0.39 is 0 Å². The summed E-state index contributed by atoms with van der Waals surface area (Å²) < 4.78 is 1.43. The molecule has 2 heterocycles. The first-order valence-electron chi connectivity index (χ1n) is 4.48. The number of nitrogens with one attached hydrogen (secondary N) is 1. The molecule has 0 saturated carbocycles. The van der Waals surface area contributed by atoms with Gasteiger partial charge in [-0.2, -0.15) is 5.10 Å². The first-order chi connectivity index (χ1) is 7.74. The molecule has 1 N–H and O–H groups in total. The molecule has 0 aliphatic rings. The van der Waals surface area contributed by atoms with Crippen molar-refractivity contribution in [3.05, 3.63) is 36.1 Å². The Morgan fingerprint density at radius 2 is 2.44 bits per heavy atom. The van der Waals surface area contributed by atoms with E-state index >= 15 is 0 Å². The smallest absolute Gasteiger partial charge is 0.246 e. The number of hydrogen-bond donors (Lipinski definition) is 1. The summed E-state index contributed by atoms with van der Waals surface area (Å²) in [4.78, 5) is 19.1. The maximum absolute atomic E-state index is 11.5. The van der Waals surface area contributed by atoms with Crippen LogP contribution in [-0.2, 0) is 11.3 Å². The second-order valence-electron chi connectivity index (χ2n) is 3.01. The van der Waals surface area contributed by atoms with Crippen LogP contribution in [-0.4, -0.2) is 25.7 Å². The Morgan fingerprint density at radius 3 is 3.12 bits per heavy atom. The van der Waals surface area contributed by atoms with Crippen LogP contribution >= 0.6 is 11.6 Å². The van der Waals surface area contributed by atoms with Gasteiger partial charge in [0, 0.05) is 11.9 Å². The molecule has 0 spiro atoms. The molecule has 82 valence electrons. The van der Waals surface area contributed by atoms with Gasteiger partial charge in [0.05, 0.1) is 0 Å². The molecule has 0 unspecified atom stereocenters. The van der Waals surface area contributed by atoms with Gasteiger partial charge in [0.25, 0.3) is 0 Å². The average molecular weight is 238 g/mol. The Bertz CT molecular complexity index is 484. The zero-order valence-corrected chi connectivity index (χ0v) is 8.92. The summed E-state index contributed by atoms with van der Waals surface area (Å²) in [5, 5.41) is 6.82. The van der Waals surface area contributed by atoms with Crippen molar-refractivity contribution in [1.29, 1.82) is 0 Å². The summed E-state index contributed by atoms with van der Waals surface area (Å²) in [5.74, 6) is -0.201. The zero-order chi connectivity index (χ0) is 11.4. The summed E-state index contributed by atoms with van der Waals surface area (Å²) in [6.45, 7) is 0.111. The SMILES string of the molecule is O=C(Cn1cncn1)Nc1ccnc(Cl)c1. The standard InChI is InChI=1S/C9H8ClN5O/c10-8-3-7(1-2-12-8)14-9(16)4-15-6-11-5-13-15/h1-3,5-6H,4H2,(H,12,14,16). The first kappa shape index (κ1) is 10.6. The van der Waals surface area contributed by atoms with Crippen molar-refractivity contribution in [2.24, 2.45) is 0 Å². The fourth-order valence-electron chi connectivity index (χ4n) is 1.14. The van der Waals surface area contributed by atoms with Crippen LogP contribution in [0, 0.1) is 0 Å². The van der Waals surface area contributed by atoms with Gasteiger partial charge in [0.2, 0.25) is 5.91 Å². The van der Waals surface area contributed by atoms with E-state index in [1.165, 1.54) is 23.5 Å². The predicted molar refractivity (Wildman–Crippen MR) is 57.9 cm³/mol. The van der Waals surface area contributed by atoms with Gasteiger partial charge < -0.3 is 5.32 Å². The van der Waals surface area contributed by atoms with E-state index in [0.29, 0.717) is 10.8 Å². The number of amides is 1. The molecular weight excluding hydrogens is 230 g/mol. The lowest BCUT2D eigenvalue weighted by Gasteiger charge is -2.04. The highest BCUT2D eigenvalue weighted by Gasteiger charge is 2.04. The van der Waals surface area contributed by atoms with Crippen LogP contribution < -0.4 is 5.32 Å². The number of anilines is 1. The van der Waals surface area contributed by atoms with Crippen LogP contribution in [0.1, 0.15) is 0 Å². The lowest BCUT2D eigenvalue weighted by atomic mass is 10.4. The molecule has 2 aromatic heterocycles. The minimum atomic E-state index is -0.201. The second-order valence-corrected chi connectivity index (χ2v) is 3.40. The molecule has 1 amide bonds. The Balaban J connectivity index is 1.97. The number of nitrogens with zero attached hydrogens (tertiary/aromatic N) is 4. The van der Waals surface area contributed by atoms with Crippen LogP contribution in [0.5, 0.6) is 0 Å². The van der Waals surface area contributed by atoms with Crippen molar-refractivity contribution < 1.29 is 4.79 Å². The number of hydrogen-bond acceptors (Lipinski definition) is 4. The topological polar surface area (TPSA) is 72.7 Å². The lowest BCUT2D eigenvalue weighted by molar-refractivity contribution is -0.116. The van der Waals surface area contributed by atoms with E-state index in [-0.39, 0.29) is 12.5 Å². The molecule has 7 heteroatoms. The highest BCUT2D eigenvalue weighted by atomic mass is 35.5. The van der Waals surface area contributed by atoms with Gasteiger partial charge in [-0.1, -0.05) is 11.6 Å². The minimum absolute atomic E-state index is 0.111. The van der Waals surface area contributed by atoms with E-state index in [0.717, 1.165) is 0 Å². The van der Waals surface area contributed by atoms with Crippen molar-refractivity contribution in [3.63, 3.8) is 0 Å². The Hall–Kier alpha value is -1.95. The summed E-state index contributed by atoms with van der Waals surface area (Å²) in [6, 6.07) is 3.23. The van der Waals surface area contributed by atoms with Crippen molar-refractivity contribution >= 4 is 23.2 Å². The molecule has 0 aliphatic heterocycles. The van der Waals surface area contributed by atoms with E-state index in [4.69, 9.17) is 11.6 Å². The van der Waals surface area contributed by atoms with E-state index in [1.54, 1.807) is 12.1 Å². The third kappa shape index (κ3) is 2.77. The summed E-state index contributed by atoms with van der Waals surface area (Å²) in [7, 11) is 0. The third-order valence-corrected chi connectivity index (χ3v) is 1.99. The highest BCUT2D eigenvalue weighted by Crippen LogP contribution is 2.11. The predicted octanol–water partition coefficient (Wildman–Crippen LogP) is 0.965. The average Bonchev–Trinajstić information content (AvgIpc) is 2.70. The normalized spacial score (nSPS) is 10.1. The van der Waals surface area contributed by atoms with Gasteiger partial charge >= 0.3 is 0 Å². The van der Waals surface area contributed by atoms with Crippen molar-refractivity contribution in [2.45, 2.75) is 6.54 Å². The zero-order valence-electron chi connectivity index (χ0n) is 8.17. The molecule has 0 aliphatic carbocycles. The van der Waals surface area contributed by atoms with Gasteiger partial charge in [0.1, 0.15) is 24.4 Å². The van der Waals surface area contributed by atoms with Crippen LogP contribution in [0.25, 0.3) is 0 Å². The molecular formula is C9H8ClN5O. The number of carbonyl (C=O) groups excluding carboxylic acids is 1. The quantitative estimate of drug-likeness (QED) is 0.808. The van der Waals surface area contributed by atoms with Gasteiger partial charge in [-0.25, -0.2) is 14.6 Å². The molecule has 6 nitrogen and oxygen atoms in total. The second kappa shape index (κ2) is 4.71. The van der Waals surface area contributed by atoms with E-state index in [9.17, 15) is 4.79 Å².